The van der Waals surface area contributed by atoms with E-state index in [0.717, 1.165) is 12.1 Å². The predicted molar refractivity (Wildman–Crippen MR) is 116 cm³/mol. The summed E-state index contributed by atoms with van der Waals surface area (Å²) >= 11 is 0. The predicted octanol–water partition coefficient (Wildman–Crippen LogP) is 5.35. The van der Waals surface area contributed by atoms with Gasteiger partial charge in [0.05, 0.1) is 17.3 Å². The first-order valence-electron chi connectivity index (χ1n) is 10.0. The smallest absolute Gasteiger partial charge is 0.253 e. The van der Waals surface area contributed by atoms with Crippen molar-refractivity contribution in [2.75, 3.05) is 11.9 Å². The second kappa shape index (κ2) is 7.31. The number of anilines is 1. The number of nitrogens with one attached hydrogen (secondary N) is 2. The standard InChI is InChI=1S/C25H28N2O/c1-5-12-26-25(28)21-11-7-9-19-18-8-6-10-20(18)24(27-23(19)21)22-16(3)13-15(2)14-17(22)4/h5-9,11,13-14,18,20,24,27H,1,10,12H2,2-4H3,(H,26,28). The minimum atomic E-state index is -0.0548. The van der Waals surface area contributed by atoms with Crippen LogP contribution in [0.1, 0.15) is 56.6 Å². The number of para-hydroxylation sites is 1. The van der Waals surface area contributed by atoms with E-state index in [9.17, 15) is 4.79 Å². The molecule has 0 bridgehead atoms. The van der Waals surface area contributed by atoms with Crippen LogP contribution in [0.25, 0.3) is 0 Å². The van der Waals surface area contributed by atoms with E-state index in [4.69, 9.17) is 0 Å². The summed E-state index contributed by atoms with van der Waals surface area (Å²) in [6.45, 7) is 10.7. The Morgan fingerprint density at radius 1 is 1.25 bits per heavy atom. The number of benzene rings is 2. The zero-order valence-electron chi connectivity index (χ0n) is 16.9. The van der Waals surface area contributed by atoms with Crippen molar-refractivity contribution in [3.8, 4) is 0 Å². The first-order chi connectivity index (χ1) is 13.5. The maximum absolute atomic E-state index is 12.8. The number of hydrogen-bond acceptors (Lipinski definition) is 2. The molecule has 4 rings (SSSR count). The Kier molecular flexibility index (Phi) is 4.84. The molecule has 3 nitrogen and oxygen atoms in total. The molecule has 1 amide bonds. The fourth-order valence-electron chi connectivity index (χ4n) is 5.04. The molecule has 0 radical (unpaired) electrons. The van der Waals surface area contributed by atoms with Crippen molar-refractivity contribution in [2.24, 2.45) is 5.92 Å². The van der Waals surface area contributed by atoms with Crippen LogP contribution in [0.15, 0.2) is 55.1 Å². The van der Waals surface area contributed by atoms with Gasteiger partial charge in [0.25, 0.3) is 5.91 Å². The van der Waals surface area contributed by atoms with E-state index >= 15 is 0 Å². The first-order valence-corrected chi connectivity index (χ1v) is 10.0. The van der Waals surface area contributed by atoms with E-state index in [0.29, 0.717) is 23.9 Å². The zero-order chi connectivity index (χ0) is 19.8. The van der Waals surface area contributed by atoms with Gasteiger partial charge in [0.1, 0.15) is 0 Å². The SMILES string of the molecule is C=CCNC(=O)c1cccc2c1NC(c1c(C)cc(C)cc1C)C1CC=CC21. The molecule has 0 fully saturated rings. The maximum Gasteiger partial charge on any atom is 0.253 e. The minimum Gasteiger partial charge on any atom is -0.377 e. The van der Waals surface area contributed by atoms with Crippen molar-refractivity contribution in [2.45, 2.75) is 39.2 Å². The molecule has 2 aromatic carbocycles. The van der Waals surface area contributed by atoms with Gasteiger partial charge in [-0.25, -0.2) is 0 Å². The summed E-state index contributed by atoms with van der Waals surface area (Å²) in [7, 11) is 0. The van der Waals surface area contributed by atoms with Crippen LogP contribution < -0.4 is 10.6 Å². The lowest BCUT2D eigenvalue weighted by Crippen LogP contribution is -2.33. The van der Waals surface area contributed by atoms with Crippen LogP contribution in [0.3, 0.4) is 0 Å². The van der Waals surface area contributed by atoms with E-state index in [2.05, 4.69) is 68.3 Å². The lowest BCUT2D eigenvalue weighted by Gasteiger charge is -2.39. The van der Waals surface area contributed by atoms with E-state index in [1.807, 2.05) is 12.1 Å². The summed E-state index contributed by atoms with van der Waals surface area (Å²) < 4.78 is 0. The second-order valence-corrected chi connectivity index (χ2v) is 8.06. The third-order valence-electron chi connectivity index (χ3n) is 6.10. The van der Waals surface area contributed by atoms with Crippen molar-refractivity contribution in [1.82, 2.24) is 5.32 Å². The Hall–Kier alpha value is -2.81. The number of carbonyl (C=O) groups excluding carboxylic acids is 1. The first kappa shape index (κ1) is 18.5. The highest BCUT2D eigenvalue weighted by Gasteiger charge is 2.40. The highest BCUT2D eigenvalue weighted by atomic mass is 16.1. The van der Waals surface area contributed by atoms with Crippen LogP contribution in [0, 0.1) is 26.7 Å². The molecule has 3 unspecified atom stereocenters. The van der Waals surface area contributed by atoms with Gasteiger partial charge < -0.3 is 10.6 Å². The number of allylic oxidation sites excluding steroid dienone is 2. The number of hydrogen-bond donors (Lipinski definition) is 2. The molecule has 2 N–H and O–H groups in total. The summed E-state index contributed by atoms with van der Waals surface area (Å²) in [6, 6.07) is 10.8. The number of aryl methyl sites for hydroxylation is 3. The van der Waals surface area contributed by atoms with E-state index < -0.39 is 0 Å². The van der Waals surface area contributed by atoms with Gasteiger partial charge in [0, 0.05) is 12.5 Å². The molecule has 0 saturated carbocycles. The van der Waals surface area contributed by atoms with Gasteiger partial charge in [-0.05, 0) is 61.4 Å². The molecule has 28 heavy (non-hydrogen) atoms. The maximum atomic E-state index is 12.8. The van der Waals surface area contributed by atoms with Crippen molar-refractivity contribution in [3.05, 3.63) is 88.5 Å². The van der Waals surface area contributed by atoms with E-state index in [-0.39, 0.29) is 11.9 Å². The highest BCUT2D eigenvalue weighted by Crippen LogP contribution is 2.51. The second-order valence-electron chi connectivity index (χ2n) is 8.06. The van der Waals surface area contributed by atoms with Crippen LogP contribution >= 0.6 is 0 Å². The van der Waals surface area contributed by atoms with Crippen molar-refractivity contribution in [1.29, 1.82) is 0 Å². The summed E-state index contributed by atoms with van der Waals surface area (Å²) in [5, 5.41) is 6.71. The number of rotatable bonds is 4. The Balaban J connectivity index is 1.82. The van der Waals surface area contributed by atoms with Crippen molar-refractivity contribution in [3.63, 3.8) is 0 Å². The molecule has 0 saturated heterocycles. The molecular weight excluding hydrogens is 344 g/mol. The third-order valence-corrected chi connectivity index (χ3v) is 6.10. The van der Waals surface area contributed by atoms with Gasteiger partial charge in [-0.3, -0.25) is 4.79 Å². The fourth-order valence-corrected chi connectivity index (χ4v) is 5.04. The van der Waals surface area contributed by atoms with Gasteiger partial charge >= 0.3 is 0 Å². The fraction of sp³-hybridized carbons (Fsp3) is 0.320. The van der Waals surface area contributed by atoms with Gasteiger partial charge in [0.2, 0.25) is 0 Å². The number of carbonyl (C=O) groups is 1. The molecule has 2 aliphatic rings. The zero-order valence-corrected chi connectivity index (χ0v) is 16.9. The monoisotopic (exact) mass is 372 g/mol. The normalized spacial score (nSPS) is 22.2. The Bertz CT molecular complexity index is 950. The summed E-state index contributed by atoms with van der Waals surface area (Å²) in [5.74, 6) is 0.758. The van der Waals surface area contributed by atoms with Gasteiger partial charge in [-0.2, -0.15) is 0 Å². The van der Waals surface area contributed by atoms with Gasteiger partial charge in [-0.15, -0.1) is 6.58 Å². The topological polar surface area (TPSA) is 41.1 Å². The lowest BCUT2D eigenvalue weighted by atomic mass is 9.74. The molecule has 3 heteroatoms. The summed E-state index contributed by atoms with van der Waals surface area (Å²) in [5.41, 5.74) is 8.21. The van der Waals surface area contributed by atoms with Gasteiger partial charge in [0.15, 0.2) is 0 Å². The molecule has 3 atom stereocenters. The van der Waals surface area contributed by atoms with Crippen LogP contribution in [-0.4, -0.2) is 12.5 Å². The Morgan fingerprint density at radius 2 is 2.00 bits per heavy atom. The quantitative estimate of drug-likeness (QED) is 0.710. The van der Waals surface area contributed by atoms with E-state index in [1.54, 1.807) is 6.08 Å². The molecular formula is C25H28N2O. The molecule has 2 aromatic rings. The average Bonchev–Trinajstić information content (AvgIpc) is 3.15. The minimum absolute atomic E-state index is 0.0548. The summed E-state index contributed by atoms with van der Waals surface area (Å²) in [6.07, 6.45) is 7.38. The molecule has 1 aliphatic heterocycles. The largest absolute Gasteiger partial charge is 0.377 e. The Labute approximate surface area is 167 Å². The number of fused-ring (bicyclic) bond motifs is 3. The van der Waals surface area contributed by atoms with Crippen LogP contribution in [0.5, 0.6) is 0 Å². The Morgan fingerprint density at radius 3 is 2.71 bits per heavy atom. The molecule has 1 heterocycles. The third kappa shape index (κ3) is 3.05. The van der Waals surface area contributed by atoms with Gasteiger partial charge in [-0.1, -0.05) is 48.1 Å². The van der Waals surface area contributed by atoms with Crippen LogP contribution in [-0.2, 0) is 0 Å². The lowest BCUT2D eigenvalue weighted by molar-refractivity contribution is 0.0958. The average molecular weight is 373 g/mol. The molecule has 0 spiro atoms. The van der Waals surface area contributed by atoms with Crippen molar-refractivity contribution < 1.29 is 4.79 Å². The van der Waals surface area contributed by atoms with Crippen molar-refractivity contribution >= 4 is 11.6 Å². The molecule has 0 aromatic heterocycles. The number of amides is 1. The summed E-state index contributed by atoms with van der Waals surface area (Å²) in [4.78, 5) is 12.8. The molecule has 1 aliphatic carbocycles. The molecule has 144 valence electrons. The van der Waals surface area contributed by atoms with Crippen LogP contribution in [0.4, 0.5) is 5.69 Å². The highest BCUT2D eigenvalue weighted by molar-refractivity contribution is 6.00. The van der Waals surface area contributed by atoms with Crippen LogP contribution in [0.2, 0.25) is 0 Å². The van der Waals surface area contributed by atoms with E-state index in [1.165, 1.54) is 27.8 Å².